The van der Waals surface area contributed by atoms with Crippen molar-refractivity contribution in [1.82, 2.24) is 9.80 Å². The lowest BCUT2D eigenvalue weighted by molar-refractivity contribution is -0.134. The second kappa shape index (κ2) is 5.87. The topological polar surface area (TPSA) is 40.6 Å². The quantitative estimate of drug-likeness (QED) is 0.727. The molecule has 1 aliphatic heterocycles. The molecule has 1 saturated heterocycles. The normalized spacial score (nSPS) is 17.3. The van der Waals surface area contributed by atoms with Gasteiger partial charge in [-0.2, -0.15) is 0 Å². The SMILES string of the molecule is CCCN(C(C)=O)C1CCN(C(C)=O)CC1. The molecule has 0 N–H and O–H groups in total. The van der Waals surface area contributed by atoms with E-state index in [2.05, 4.69) is 6.92 Å². The zero-order valence-corrected chi connectivity index (χ0v) is 10.5. The Morgan fingerprint density at radius 2 is 1.81 bits per heavy atom. The van der Waals surface area contributed by atoms with Gasteiger partial charge in [0.05, 0.1) is 0 Å². The van der Waals surface area contributed by atoms with E-state index in [4.69, 9.17) is 0 Å². The Morgan fingerprint density at radius 1 is 1.25 bits per heavy atom. The van der Waals surface area contributed by atoms with Crippen molar-refractivity contribution in [3.63, 3.8) is 0 Å². The van der Waals surface area contributed by atoms with E-state index in [0.29, 0.717) is 6.04 Å². The number of hydrogen-bond acceptors (Lipinski definition) is 2. The van der Waals surface area contributed by atoms with Crippen molar-refractivity contribution >= 4 is 11.8 Å². The number of rotatable bonds is 3. The van der Waals surface area contributed by atoms with E-state index in [0.717, 1.165) is 38.9 Å². The molecule has 16 heavy (non-hydrogen) atoms. The van der Waals surface area contributed by atoms with Crippen molar-refractivity contribution in [2.24, 2.45) is 0 Å². The molecule has 2 amide bonds. The van der Waals surface area contributed by atoms with E-state index in [1.165, 1.54) is 0 Å². The van der Waals surface area contributed by atoms with Gasteiger partial charge in [-0.1, -0.05) is 6.92 Å². The summed E-state index contributed by atoms with van der Waals surface area (Å²) in [6.07, 6.45) is 2.82. The first-order valence-electron chi connectivity index (χ1n) is 6.09. The molecule has 92 valence electrons. The van der Waals surface area contributed by atoms with Crippen LogP contribution < -0.4 is 0 Å². The highest BCUT2D eigenvalue weighted by Crippen LogP contribution is 2.17. The van der Waals surface area contributed by atoms with Gasteiger partial charge in [0, 0.05) is 39.5 Å². The number of carbonyl (C=O) groups excluding carboxylic acids is 2. The van der Waals surface area contributed by atoms with E-state index in [9.17, 15) is 9.59 Å². The van der Waals surface area contributed by atoms with Gasteiger partial charge in [-0.3, -0.25) is 9.59 Å². The lowest BCUT2D eigenvalue weighted by Crippen LogP contribution is -2.48. The highest BCUT2D eigenvalue weighted by Gasteiger charge is 2.26. The van der Waals surface area contributed by atoms with Crippen LogP contribution in [0.2, 0.25) is 0 Å². The molecule has 1 rings (SSSR count). The highest BCUT2D eigenvalue weighted by atomic mass is 16.2. The number of carbonyl (C=O) groups is 2. The third-order valence-corrected chi connectivity index (χ3v) is 3.22. The molecule has 0 aliphatic carbocycles. The van der Waals surface area contributed by atoms with Gasteiger partial charge in [0.15, 0.2) is 0 Å². The summed E-state index contributed by atoms with van der Waals surface area (Å²) < 4.78 is 0. The molecule has 0 bridgehead atoms. The Bertz CT molecular complexity index is 258. The number of likely N-dealkylation sites (tertiary alicyclic amines) is 1. The Morgan fingerprint density at radius 3 is 2.19 bits per heavy atom. The Kier molecular flexibility index (Phi) is 4.77. The van der Waals surface area contributed by atoms with Gasteiger partial charge in [0.25, 0.3) is 0 Å². The maximum absolute atomic E-state index is 11.5. The molecule has 4 nitrogen and oxygen atoms in total. The molecule has 0 radical (unpaired) electrons. The molecule has 1 heterocycles. The summed E-state index contributed by atoms with van der Waals surface area (Å²) in [6.45, 7) is 7.73. The van der Waals surface area contributed by atoms with E-state index in [1.807, 2.05) is 9.80 Å². The smallest absolute Gasteiger partial charge is 0.219 e. The summed E-state index contributed by atoms with van der Waals surface area (Å²) in [6, 6.07) is 0.327. The molecule has 0 unspecified atom stereocenters. The molecule has 4 heteroatoms. The summed E-state index contributed by atoms with van der Waals surface area (Å²) in [5, 5.41) is 0. The maximum atomic E-state index is 11.5. The van der Waals surface area contributed by atoms with Crippen molar-refractivity contribution < 1.29 is 9.59 Å². The Balaban J connectivity index is 2.50. The number of amides is 2. The van der Waals surface area contributed by atoms with E-state index in [-0.39, 0.29) is 11.8 Å². The van der Waals surface area contributed by atoms with Gasteiger partial charge in [0.1, 0.15) is 0 Å². The van der Waals surface area contributed by atoms with Crippen molar-refractivity contribution in [2.45, 2.75) is 46.1 Å². The average Bonchev–Trinajstić information content (AvgIpc) is 2.25. The molecular formula is C12H22N2O2. The van der Waals surface area contributed by atoms with Crippen LogP contribution in [-0.4, -0.2) is 47.3 Å². The molecule has 0 atom stereocenters. The van der Waals surface area contributed by atoms with Crippen molar-refractivity contribution in [1.29, 1.82) is 0 Å². The zero-order chi connectivity index (χ0) is 12.1. The molecule has 0 aromatic rings. The second-order valence-corrected chi connectivity index (χ2v) is 4.45. The molecule has 1 aliphatic rings. The fourth-order valence-electron chi connectivity index (χ4n) is 2.33. The fraction of sp³-hybridized carbons (Fsp3) is 0.833. The van der Waals surface area contributed by atoms with Crippen LogP contribution in [0.5, 0.6) is 0 Å². The van der Waals surface area contributed by atoms with Gasteiger partial charge in [-0.05, 0) is 19.3 Å². The largest absolute Gasteiger partial charge is 0.343 e. The second-order valence-electron chi connectivity index (χ2n) is 4.45. The minimum Gasteiger partial charge on any atom is -0.343 e. The number of piperidine rings is 1. The van der Waals surface area contributed by atoms with E-state index >= 15 is 0 Å². The van der Waals surface area contributed by atoms with Crippen molar-refractivity contribution in [2.75, 3.05) is 19.6 Å². The zero-order valence-electron chi connectivity index (χ0n) is 10.5. The van der Waals surface area contributed by atoms with Crippen LogP contribution in [0.25, 0.3) is 0 Å². The van der Waals surface area contributed by atoms with Gasteiger partial charge in [-0.25, -0.2) is 0 Å². The third-order valence-electron chi connectivity index (χ3n) is 3.22. The van der Waals surface area contributed by atoms with Crippen LogP contribution in [0.15, 0.2) is 0 Å². The van der Waals surface area contributed by atoms with Crippen LogP contribution in [0.4, 0.5) is 0 Å². The first-order valence-corrected chi connectivity index (χ1v) is 6.09. The number of hydrogen-bond donors (Lipinski definition) is 0. The van der Waals surface area contributed by atoms with Gasteiger partial charge < -0.3 is 9.80 Å². The van der Waals surface area contributed by atoms with Crippen LogP contribution in [0.1, 0.15) is 40.0 Å². The minimum atomic E-state index is 0.142. The summed E-state index contributed by atoms with van der Waals surface area (Å²) in [4.78, 5) is 26.5. The Labute approximate surface area is 97.6 Å². The van der Waals surface area contributed by atoms with Crippen LogP contribution in [-0.2, 0) is 9.59 Å². The van der Waals surface area contributed by atoms with Gasteiger partial charge in [0.2, 0.25) is 11.8 Å². The van der Waals surface area contributed by atoms with Crippen molar-refractivity contribution in [3.8, 4) is 0 Å². The lowest BCUT2D eigenvalue weighted by atomic mass is 10.0. The number of nitrogens with zero attached hydrogens (tertiary/aromatic N) is 2. The minimum absolute atomic E-state index is 0.142. The van der Waals surface area contributed by atoms with Crippen LogP contribution in [0, 0.1) is 0 Å². The summed E-state index contributed by atoms with van der Waals surface area (Å²) in [5.41, 5.74) is 0. The Hall–Kier alpha value is -1.06. The molecule has 0 aromatic heterocycles. The van der Waals surface area contributed by atoms with Crippen LogP contribution >= 0.6 is 0 Å². The average molecular weight is 226 g/mol. The van der Waals surface area contributed by atoms with E-state index < -0.39 is 0 Å². The first-order chi connectivity index (χ1) is 7.56. The first kappa shape index (κ1) is 13.0. The summed E-state index contributed by atoms with van der Waals surface area (Å²) >= 11 is 0. The van der Waals surface area contributed by atoms with Crippen molar-refractivity contribution in [3.05, 3.63) is 0 Å². The lowest BCUT2D eigenvalue weighted by Gasteiger charge is -2.37. The highest BCUT2D eigenvalue weighted by molar-refractivity contribution is 5.74. The van der Waals surface area contributed by atoms with Gasteiger partial charge >= 0.3 is 0 Å². The molecule has 0 aromatic carbocycles. The molecular weight excluding hydrogens is 204 g/mol. The third kappa shape index (κ3) is 3.22. The predicted molar refractivity (Wildman–Crippen MR) is 63.0 cm³/mol. The molecule has 0 spiro atoms. The van der Waals surface area contributed by atoms with E-state index in [1.54, 1.807) is 13.8 Å². The summed E-state index contributed by atoms with van der Waals surface area (Å²) in [7, 11) is 0. The standard InChI is InChI=1S/C12H22N2O2/c1-4-7-14(11(3)16)12-5-8-13(9-6-12)10(2)15/h12H,4-9H2,1-3H3. The molecule has 1 fully saturated rings. The predicted octanol–water partition coefficient (Wildman–Crippen LogP) is 1.26. The van der Waals surface area contributed by atoms with Crippen LogP contribution in [0.3, 0.4) is 0 Å². The van der Waals surface area contributed by atoms with Gasteiger partial charge in [-0.15, -0.1) is 0 Å². The fourth-order valence-corrected chi connectivity index (χ4v) is 2.33. The monoisotopic (exact) mass is 226 g/mol. The summed E-state index contributed by atoms with van der Waals surface area (Å²) in [5.74, 6) is 0.298. The maximum Gasteiger partial charge on any atom is 0.219 e. The molecule has 0 saturated carbocycles.